The van der Waals surface area contributed by atoms with Gasteiger partial charge in [-0.15, -0.1) is 0 Å². The molecule has 6 heteroatoms. The molecular formula is C15H13FN2O3. The first kappa shape index (κ1) is 13.4. The number of halogens is 1. The van der Waals surface area contributed by atoms with E-state index < -0.39 is 11.7 Å². The third kappa shape index (κ3) is 2.79. The number of fused-ring (bicyclic) bond motifs is 1. The van der Waals surface area contributed by atoms with E-state index in [-0.39, 0.29) is 11.4 Å². The maximum Gasteiger partial charge on any atom is 0.274 e. The molecule has 0 fully saturated rings. The first-order valence-electron chi connectivity index (χ1n) is 6.47. The van der Waals surface area contributed by atoms with Gasteiger partial charge in [-0.05, 0) is 31.2 Å². The van der Waals surface area contributed by atoms with Gasteiger partial charge in [0.25, 0.3) is 5.91 Å². The molecule has 108 valence electrons. The smallest absolute Gasteiger partial charge is 0.274 e. The van der Waals surface area contributed by atoms with Crippen LogP contribution >= 0.6 is 0 Å². The summed E-state index contributed by atoms with van der Waals surface area (Å²) in [6, 6.07) is 7.69. The van der Waals surface area contributed by atoms with E-state index in [1.165, 1.54) is 19.1 Å². The molecule has 1 N–H and O–H groups in total. The molecule has 1 aliphatic rings. The highest BCUT2D eigenvalue weighted by atomic mass is 19.1. The molecule has 0 saturated heterocycles. The van der Waals surface area contributed by atoms with Gasteiger partial charge < -0.3 is 14.8 Å². The molecule has 1 aromatic heterocycles. The van der Waals surface area contributed by atoms with E-state index in [0.29, 0.717) is 30.4 Å². The average molecular weight is 288 g/mol. The number of nitrogens with zero attached hydrogens (tertiary/aromatic N) is 1. The highest BCUT2D eigenvalue weighted by Crippen LogP contribution is 2.32. The molecule has 0 aliphatic carbocycles. The second-order valence-corrected chi connectivity index (χ2v) is 4.58. The van der Waals surface area contributed by atoms with Crippen LogP contribution in [0.3, 0.4) is 0 Å². The highest BCUT2D eigenvalue weighted by molar-refractivity contribution is 6.03. The Hall–Kier alpha value is -2.63. The van der Waals surface area contributed by atoms with E-state index in [2.05, 4.69) is 10.3 Å². The van der Waals surface area contributed by atoms with Crippen molar-refractivity contribution in [2.75, 3.05) is 18.5 Å². The van der Waals surface area contributed by atoms with Crippen molar-refractivity contribution >= 4 is 11.6 Å². The lowest BCUT2D eigenvalue weighted by molar-refractivity contribution is 0.102. The first-order valence-corrected chi connectivity index (χ1v) is 6.47. The predicted octanol–water partition coefficient (Wildman–Crippen LogP) is 2.55. The number of nitrogens with one attached hydrogen (secondary N) is 1. The zero-order valence-electron chi connectivity index (χ0n) is 11.4. The monoisotopic (exact) mass is 288 g/mol. The number of anilines is 1. The number of ether oxygens (including phenoxy) is 2. The number of hydrogen-bond donors (Lipinski definition) is 1. The molecule has 0 radical (unpaired) electrons. The summed E-state index contributed by atoms with van der Waals surface area (Å²) in [4.78, 5) is 16.0. The van der Waals surface area contributed by atoms with Crippen molar-refractivity contribution < 1.29 is 18.7 Å². The number of carbonyl (C=O) groups is 1. The van der Waals surface area contributed by atoms with Crippen molar-refractivity contribution in [1.29, 1.82) is 0 Å². The lowest BCUT2D eigenvalue weighted by atomic mass is 10.2. The number of pyridine rings is 1. The van der Waals surface area contributed by atoms with E-state index in [0.717, 1.165) is 0 Å². The minimum atomic E-state index is -0.439. The second kappa shape index (κ2) is 5.40. The Bertz CT molecular complexity index is 703. The number of aryl methyl sites for hydroxylation is 1. The van der Waals surface area contributed by atoms with E-state index in [1.807, 2.05) is 0 Å². The molecule has 1 aromatic carbocycles. The molecule has 0 spiro atoms. The number of hydrogen-bond acceptors (Lipinski definition) is 4. The minimum absolute atomic E-state index is 0.156. The minimum Gasteiger partial charge on any atom is -0.486 e. The summed E-state index contributed by atoms with van der Waals surface area (Å²) in [5, 5.41) is 2.70. The number of aromatic nitrogens is 1. The largest absolute Gasteiger partial charge is 0.486 e. The molecule has 5 nitrogen and oxygen atoms in total. The van der Waals surface area contributed by atoms with Gasteiger partial charge in [-0.25, -0.2) is 9.37 Å². The van der Waals surface area contributed by atoms with Gasteiger partial charge in [0, 0.05) is 11.8 Å². The number of rotatable bonds is 2. The SMILES string of the molecule is Cc1nc(C(=O)Nc2ccc3c(c2)OCCO3)ccc1F. The summed E-state index contributed by atoms with van der Waals surface area (Å²) in [6.07, 6.45) is 0. The van der Waals surface area contributed by atoms with Gasteiger partial charge >= 0.3 is 0 Å². The molecule has 1 aliphatic heterocycles. The van der Waals surface area contributed by atoms with Crippen molar-refractivity contribution in [1.82, 2.24) is 4.98 Å². The van der Waals surface area contributed by atoms with E-state index in [4.69, 9.17) is 9.47 Å². The Morgan fingerprint density at radius 3 is 2.71 bits per heavy atom. The van der Waals surface area contributed by atoms with E-state index >= 15 is 0 Å². The summed E-state index contributed by atoms with van der Waals surface area (Å²) in [5.74, 6) is 0.387. The Balaban J connectivity index is 1.79. The third-order valence-electron chi connectivity index (χ3n) is 3.05. The van der Waals surface area contributed by atoms with Crippen molar-refractivity contribution in [2.45, 2.75) is 6.92 Å². The molecule has 0 atom stereocenters. The van der Waals surface area contributed by atoms with Crippen LogP contribution in [0.15, 0.2) is 30.3 Å². The van der Waals surface area contributed by atoms with Gasteiger partial charge in [-0.1, -0.05) is 0 Å². The summed E-state index contributed by atoms with van der Waals surface area (Å²) in [7, 11) is 0. The molecule has 2 heterocycles. The van der Waals surface area contributed by atoms with Crippen LogP contribution in [0.25, 0.3) is 0 Å². The molecule has 0 unspecified atom stereocenters. The number of benzene rings is 1. The maximum absolute atomic E-state index is 13.2. The van der Waals surface area contributed by atoms with Gasteiger partial charge in [0.15, 0.2) is 11.5 Å². The maximum atomic E-state index is 13.2. The second-order valence-electron chi connectivity index (χ2n) is 4.58. The summed E-state index contributed by atoms with van der Waals surface area (Å²) in [5.41, 5.74) is 0.904. The van der Waals surface area contributed by atoms with Crippen LogP contribution in [0.5, 0.6) is 11.5 Å². The lowest BCUT2D eigenvalue weighted by Crippen LogP contribution is -2.17. The van der Waals surface area contributed by atoms with Gasteiger partial charge in [-0.2, -0.15) is 0 Å². The summed E-state index contributed by atoms with van der Waals surface area (Å²) >= 11 is 0. The van der Waals surface area contributed by atoms with Crippen molar-refractivity contribution in [2.24, 2.45) is 0 Å². The molecule has 21 heavy (non-hydrogen) atoms. The Kier molecular flexibility index (Phi) is 3.43. The topological polar surface area (TPSA) is 60.5 Å². The molecule has 0 saturated carbocycles. The van der Waals surface area contributed by atoms with Crippen LogP contribution in [0.1, 0.15) is 16.2 Å². The fourth-order valence-electron chi connectivity index (χ4n) is 1.99. The fraction of sp³-hybridized carbons (Fsp3) is 0.200. The van der Waals surface area contributed by atoms with Crippen molar-refractivity contribution in [3.05, 3.63) is 47.5 Å². The van der Waals surface area contributed by atoms with Crippen LogP contribution in [-0.2, 0) is 0 Å². The zero-order valence-corrected chi connectivity index (χ0v) is 11.4. The van der Waals surface area contributed by atoms with Crippen LogP contribution < -0.4 is 14.8 Å². The number of amides is 1. The van der Waals surface area contributed by atoms with E-state index in [1.54, 1.807) is 18.2 Å². The number of carbonyl (C=O) groups excluding carboxylic acids is 1. The Morgan fingerprint density at radius 1 is 1.19 bits per heavy atom. The fourth-order valence-corrected chi connectivity index (χ4v) is 1.99. The zero-order chi connectivity index (χ0) is 14.8. The van der Waals surface area contributed by atoms with Crippen molar-refractivity contribution in [3.8, 4) is 11.5 Å². The molecule has 0 bridgehead atoms. The van der Waals surface area contributed by atoms with E-state index in [9.17, 15) is 9.18 Å². The van der Waals surface area contributed by atoms with Crippen LogP contribution in [0.4, 0.5) is 10.1 Å². The lowest BCUT2D eigenvalue weighted by Gasteiger charge is -2.19. The van der Waals surface area contributed by atoms with Gasteiger partial charge in [0.05, 0.1) is 5.69 Å². The third-order valence-corrected chi connectivity index (χ3v) is 3.05. The molecule has 2 aromatic rings. The van der Waals surface area contributed by atoms with Gasteiger partial charge in [0.1, 0.15) is 24.7 Å². The van der Waals surface area contributed by atoms with Crippen LogP contribution in [0.2, 0.25) is 0 Å². The standard InChI is InChI=1S/C15H13FN2O3/c1-9-11(16)3-4-12(17-9)15(19)18-10-2-5-13-14(8-10)21-7-6-20-13/h2-5,8H,6-7H2,1H3,(H,18,19). The predicted molar refractivity (Wildman–Crippen MR) is 74.3 cm³/mol. The Morgan fingerprint density at radius 2 is 1.95 bits per heavy atom. The van der Waals surface area contributed by atoms with Crippen LogP contribution in [-0.4, -0.2) is 24.1 Å². The average Bonchev–Trinajstić information content (AvgIpc) is 2.50. The molecular weight excluding hydrogens is 275 g/mol. The molecule has 3 rings (SSSR count). The normalized spacial score (nSPS) is 12.9. The van der Waals surface area contributed by atoms with Crippen molar-refractivity contribution in [3.63, 3.8) is 0 Å². The quantitative estimate of drug-likeness (QED) is 0.922. The van der Waals surface area contributed by atoms with Gasteiger partial charge in [0.2, 0.25) is 0 Å². The summed E-state index contributed by atoms with van der Waals surface area (Å²) < 4.78 is 24.0. The highest BCUT2D eigenvalue weighted by Gasteiger charge is 2.14. The first-order chi connectivity index (χ1) is 10.1. The summed E-state index contributed by atoms with van der Waals surface area (Å²) in [6.45, 7) is 2.50. The van der Waals surface area contributed by atoms with Crippen LogP contribution in [0, 0.1) is 12.7 Å². The molecule has 1 amide bonds. The Labute approximate surface area is 120 Å². The van der Waals surface area contributed by atoms with Gasteiger partial charge in [-0.3, -0.25) is 4.79 Å².